The van der Waals surface area contributed by atoms with Gasteiger partial charge in [-0.2, -0.15) is 0 Å². The predicted octanol–water partition coefficient (Wildman–Crippen LogP) is 4.91. The lowest BCUT2D eigenvalue weighted by atomic mass is 9.87. The van der Waals surface area contributed by atoms with E-state index >= 15 is 0 Å². The van der Waals surface area contributed by atoms with E-state index in [-0.39, 0.29) is 16.0 Å². The first-order valence-electron chi connectivity index (χ1n) is 5.96. The fourth-order valence-electron chi connectivity index (χ4n) is 2.53. The summed E-state index contributed by atoms with van der Waals surface area (Å²) in [4.78, 5) is 0.276. The van der Waals surface area contributed by atoms with Crippen molar-refractivity contribution in [3.63, 3.8) is 0 Å². The molecule has 3 heteroatoms. The van der Waals surface area contributed by atoms with Gasteiger partial charge in [-0.25, -0.2) is 0 Å². The normalized spacial score (nSPS) is 29.2. The molecule has 0 aliphatic carbocycles. The smallest absolute Gasteiger partial charge is 0.106 e. The van der Waals surface area contributed by atoms with Crippen LogP contribution in [-0.4, -0.2) is 10.4 Å². The maximum Gasteiger partial charge on any atom is 0.106 e. The van der Waals surface area contributed by atoms with Crippen LogP contribution in [0.2, 0.25) is 5.02 Å². The minimum atomic E-state index is -0.228. The zero-order valence-corrected chi connectivity index (χ0v) is 12.8. The van der Waals surface area contributed by atoms with Gasteiger partial charge >= 0.3 is 0 Å². The van der Waals surface area contributed by atoms with Gasteiger partial charge in [0.2, 0.25) is 0 Å². The highest BCUT2D eigenvalue weighted by molar-refractivity contribution is 9.09. The fourth-order valence-corrected chi connectivity index (χ4v) is 3.24. The topological polar surface area (TPSA) is 9.23 Å². The molecular weight excluding hydrogens is 300 g/mol. The van der Waals surface area contributed by atoms with Gasteiger partial charge in [0.15, 0.2) is 0 Å². The number of halogens is 2. The summed E-state index contributed by atoms with van der Waals surface area (Å²) >= 11 is 9.65. The quantitative estimate of drug-likeness (QED) is 0.704. The molecule has 2 atom stereocenters. The third-order valence-corrected chi connectivity index (χ3v) is 4.52. The van der Waals surface area contributed by atoms with Gasteiger partial charge < -0.3 is 4.74 Å². The number of hydrogen-bond donors (Lipinski definition) is 0. The van der Waals surface area contributed by atoms with Gasteiger partial charge in [0.05, 0.1) is 5.60 Å². The van der Waals surface area contributed by atoms with Crippen LogP contribution in [0.3, 0.4) is 0 Å². The molecule has 1 heterocycles. The Labute approximate surface area is 117 Å². The molecule has 1 nitrogen and oxygen atoms in total. The van der Waals surface area contributed by atoms with E-state index in [0.717, 1.165) is 17.9 Å². The summed E-state index contributed by atoms with van der Waals surface area (Å²) in [5.41, 5.74) is 0.923. The first-order chi connectivity index (χ1) is 7.86. The van der Waals surface area contributed by atoms with E-state index in [1.807, 2.05) is 12.1 Å². The average molecular weight is 318 g/mol. The average Bonchev–Trinajstić information content (AvgIpc) is 2.57. The predicted molar refractivity (Wildman–Crippen MR) is 75.9 cm³/mol. The number of ether oxygens (including phenoxy) is 1. The monoisotopic (exact) mass is 316 g/mol. The van der Waals surface area contributed by atoms with Crippen molar-refractivity contribution in [2.45, 2.75) is 49.6 Å². The number of benzene rings is 1. The SMILES string of the molecule is CC(Br)C1(c2ccc(Cl)cc2)CCC(C)(C)O1. The number of alkyl halides is 1. The molecule has 94 valence electrons. The van der Waals surface area contributed by atoms with Crippen LogP contribution >= 0.6 is 27.5 Å². The highest BCUT2D eigenvalue weighted by atomic mass is 79.9. The van der Waals surface area contributed by atoms with Gasteiger partial charge in [0, 0.05) is 9.85 Å². The Balaban J connectivity index is 2.40. The van der Waals surface area contributed by atoms with Crippen molar-refractivity contribution in [2.24, 2.45) is 0 Å². The summed E-state index contributed by atoms with van der Waals surface area (Å²) in [6.45, 7) is 6.45. The molecular formula is C14H18BrClO. The summed E-state index contributed by atoms with van der Waals surface area (Å²) in [5, 5.41) is 0.767. The van der Waals surface area contributed by atoms with E-state index in [0.29, 0.717) is 0 Å². The molecule has 0 spiro atoms. The molecule has 0 aromatic heterocycles. The molecule has 0 saturated carbocycles. The number of hydrogen-bond acceptors (Lipinski definition) is 1. The Morgan fingerprint density at radius 3 is 2.24 bits per heavy atom. The fraction of sp³-hybridized carbons (Fsp3) is 0.571. The van der Waals surface area contributed by atoms with Crippen LogP contribution in [0.25, 0.3) is 0 Å². The first kappa shape index (κ1) is 13.4. The molecule has 0 bridgehead atoms. The van der Waals surface area contributed by atoms with Crippen LogP contribution < -0.4 is 0 Å². The second-order valence-corrected chi connectivity index (χ2v) is 7.18. The van der Waals surface area contributed by atoms with Gasteiger partial charge in [-0.15, -0.1) is 0 Å². The van der Waals surface area contributed by atoms with Crippen molar-refractivity contribution in [1.82, 2.24) is 0 Å². The lowest BCUT2D eigenvalue weighted by Gasteiger charge is -2.35. The highest BCUT2D eigenvalue weighted by Crippen LogP contribution is 2.48. The highest BCUT2D eigenvalue weighted by Gasteiger charge is 2.48. The number of rotatable bonds is 2. The van der Waals surface area contributed by atoms with E-state index in [9.17, 15) is 0 Å². The lowest BCUT2D eigenvalue weighted by molar-refractivity contribution is -0.0879. The van der Waals surface area contributed by atoms with E-state index < -0.39 is 0 Å². The van der Waals surface area contributed by atoms with Gasteiger partial charge in [-0.1, -0.05) is 39.7 Å². The molecule has 1 aliphatic heterocycles. The largest absolute Gasteiger partial charge is 0.363 e. The maximum atomic E-state index is 6.33. The second-order valence-electron chi connectivity index (χ2n) is 5.37. The molecule has 17 heavy (non-hydrogen) atoms. The van der Waals surface area contributed by atoms with E-state index in [1.54, 1.807) is 0 Å². The summed E-state index contributed by atoms with van der Waals surface area (Å²) in [7, 11) is 0. The zero-order chi connectivity index (χ0) is 12.7. The minimum Gasteiger partial charge on any atom is -0.363 e. The molecule has 1 fully saturated rings. The lowest BCUT2D eigenvalue weighted by Crippen LogP contribution is -2.36. The van der Waals surface area contributed by atoms with Crippen molar-refractivity contribution in [3.05, 3.63) is 34.9 Å². The summed E-state index contributed by atoms with van der Waals surface area (Å²) < 4.78 is 6.33. The summed E-state index contributed by atoms with van der Waals surface area (Å²) in [5.74, 6) is 0. The summed E-state index contributed by atoms with van der Waals surface area (Å²) in [6.07, 6.45) is 2.11. The van der Waals surface area contributed by atoms with Crippen LogP contribution in [0.15, 0.2) is 24.3 Å². The molecule has 2 rings (SSSR count). The Hall–Kier alpha value is -0.0500. The van der Waals surface area contributed by atoms with Gasteiger partial charge in [-0.3, -0.25) is 0 Å². The Bertz CT molecular complexity index is 399. The summed E-state index contributed by atoms with van der Waals surface area (Å²) in [6, 6.07) is 8.01. The van der Waals surface area contributed by atoms with Gasteiger partial charge in [0.1, 0.15) is 5.60 Å². The van der Waals surface area contributed by atoms with Crippen LogP contribution in [0, 0.1) is 0 Å². The van der Waals surface area contributed by atoms with Crippen molar-refractivity contribution in [1.29, 1.82) is 0 Å². The minimum absolute atomic E-state index is 0.0539. The Kier molecular flexibility index (Phi) is 3.59. The Morgan fingerprint density at radius 2 is 1.82 bits per heavy atom. The van der Waals surface area contributed by atoms with Crippen LogP contribution in [0.4, 0.5) is 0 Å². The van der Waals surface area contributed by atoms with Crippen molar-refractivity contribution < 1.29 is 4.74 Å². The molecule has 1 aromatic rings. The van der Waals surface area contributed by atoms with Crippen LogP contribution in [0.5, 0.6) is 0 Å². The van der Waals surface area contributed by atoms with E-state index in [4.69, 9.17) is 16.3 Å². The zero-order valence-electron chi connectivity index (χ0n) is 10.5. The van der Waals surface area contributed by atoms with Crippen LogP contribution in [-0.2, 0) is 10.3 Å². The van der Waals surface area contributed by atoms with Gasteiger partial charge in [0.25, 0.3) is 0 Å². The van der Waals surface area contributed by atoms with Crippen molar-refractivity contribution >= 4 is 27.5 Å². The molecule has 2 unspecified atom stereocenters. The molecule has 1 saturated heterocycles. The molecule has 1 aliphatic rings. The van der Waals surface area contributed by atoms with E-state index in [1.165, 1.54) is 5.56 Å². The molecule has 1 aromatic carbocycles. The third kappa shape index (κ3) is 2.54. The second kappa shape index (κ2) is 4.56. The molecule has 0 N–H and O–H groups in total. The van der Waals surface area contributed by atoms with Crippen LogP contribution in [0.1, 0.15) is 39.2 Å². The van der Waals surface area contributed by atoms with Gasteiger partial charge in [-0.05, 0) is 51.3 Å². The standard InChI is InChI=1S/C14H18BrClO/c1-10(15)14(9-8-13(2,3)17-14)11-4-6-12(16)7-5-11/h4-7,10H,8-9H2,1-3H3. The Morgan fingerprint density at radius 1 is 1.24 bits per heavy atom. The maximum absolute atomic E-state index is 6.33. The molecule has 0 radical (unpaired) electrons. The first-order valence-corrected chi connectivity index (χ1v) is 7.25. The van der Waals surface area contributed by atoms with E-state index in [2.05, 4.69) is 48.8 Å². The third-order valence-electron chi connectivity index (χ3n) is 3.53. The van der Waals surface area contributed by atoms with Crippen molar-refractivity contribution in [2.75, 3.05) is 0 Å². The molecule has 0 amide bonds. The van der Waals surface area contributed by atoms with Crippen molar-refractivity contribution in [3.8, 4) is 0 Å².